The number of carbonyl (C=O) groups excluding carboxylic acids is 1. The van der Waals surface area contributed by atoms with Gasteiger partial charge in [0.2, 0.25) is 0 Å². The Morgan fingerprint density at radius 1 is 1.05 bits per heavy atom. The van der Waals surface area contributed by atoms with E-state index in [1.807, 2.05) is 17.0 Å². The number of aromatic nitrogens is 1. The summed E-state index contributed by atoms with van der Waals surface area (Å²) >= 11 is 5.82. The summed E-state index contributed by atoms with van der Waals surface area (Å²) in [5.41, 5.74) is 1.88. The Balaban J connectivity index is 1.67. The van der Waals surface area contributed by atoms with Crippen molar-refractivity contribution in [2.45, 2.75) is 12.8 Å². The highest BCUT2D eigenvalue weighted by molar-refractivity contribution is 6.30. The number of halogens is 1. The zero-order valence-corrected chi connectivity index (χ0v) is 13.0. The van der Waals surface area contributed by atoms with Crippen molar-refractivity contribution >= 4 is 29.3 Å². The number of benzene rings is 1. The first kappa shape index (κ1) is 14.8. The van der Waals surface area contributed by atoms with Crippen molar-refractivity contribution in [3.63, 3.8) is 0 Å². The lowest BCUT2D eigenvalue weighted by Crippen LogP contribution is -2.26. The van der Waals surface area contributed by atoms with Gasteiger partial charge < -0.3 is 4.90 Å². The van der Waals surface area contributed by atoms with E-state index in [0.717, 1.165) is 13.1 Å². The maximum absolute atomic E-state index is 12.1. The predicted octanol–water partition coefficient (Wildman–Crippen LogP) is 3.58. The van der Waals surface area contributed by atoms with Gasteiger partial charge in [-0.2, -0.15) is 4.57 Å². The fraction of sp³-hybridized carbons (Fsp3) is 0.222. The molecule has 3 nitrogen and oxygen atoms in total. The highest BCUT2D eigenvalue weighted by Gasteiger charge is 2.13. The molecular formula is C18H18ClN2O+. The molecule has 1 aliphatic rings. The van der Waals surface area contributed by atoms with Crippen LogP contribution in [-0.4, -0.2) is 18.9 Å². The summed E-state index contributed by atoms with van der Waals surface area (Å²) < 4.78 is 1.88. The van der Waals surface area contributed by atoms with Crippen LogP contribution in [0.4, 0.5) is 5.69 Å². The molecule has 1 saturated heterocycles. The lowest BCUT2D eigenvalue weighted by Gasteiger charge is -2.15. The Morgan fingerprint density at radius 3 is 2.32 bits per heavy atom. The normalized spacial score (nSPS) is 14.7. The van der Waals surface area contributed by atoms with Crippen LogP contribution in [0.5, 0.6) is 0 Å². The number of anilines is 1. The van der Waals surface area contributed by atoms with Crippen LogP contribution in [0.25, 0.3) is 6.20 Å². The smallest absolute Gasteiger partial charge is 0.191 e. The maximum Gasteiger partial charge on any atom is 0.191 e. The first-order valence-electron chi connectivity index (χ1n) is 7.46. The Labute approximate surface area is 135 Å². The summed E-state index contributed by atoms with van der Waals surface area (Å²) in [5.74, 6) is -0.0345. The molecule has 112 valence electrons. The van der Waals surface area contributed by atoms with Crippen LogP contribution in [0.2, 0.25) is 5.02 Å². The molecule has 3 rings (SSSR count). The fourth-order valence-electron chi connectivity index (χ4n) is 2.58. The summed E-state index contributed by atoms with van der Waals surface area (Å²) in [6, 6.07) is 11.1. The first-order chi connectivity index (χ1) is 10.7. The SMILES string of the molecule is O=C(/C=C\[n+]1ccc(N2CCCC2)cc1)c1ccc(Cl)cc1. The topological polar surface area (TPSA) is 24.2 Å². The van der Waals surface area contributed by atoms with Crippen LogP contribution in [0, 0.1) is 0 Å². The number of ketones is 1. The zero-order valence-electron chi connectivity index (χ0n) is 12.3. The molecule has 1 aromatic carbocycles. The molecular weight excluding hydrogens is 296 g/mol. The van der Waals surface area contributed by atoms with E-state index in [9.17, 15) is 4.79 Å². The molecule has 1 aromatic heterocycles. The van der Waals surface area contributed by atoms with E-state index in [4.69, 9.17) is 11.6 Å². The summed E-state index contributed by atoms with van der Waals surface area (Å²) in [6.45, 7) is 2.27. The Kier molecular flexibility index (Phi) is 4.54. The molecule has 0 N–H and O–H groups in total. The third-order valence-electron chi connectivity index (χ3n) is 3.83. The van der Waals surface area contributed by atoms with E-state index in [1.54, 1.807) is 36.5 Å². The monoisotopic (exact) mass is 313 g/mol. The highest BCUT2D eigenvalue weighted by Crippen LogP contribution is 2.18. The quantitative estimate of drug-likeness (QED) is 0.489. The molecule has 0 saturated carbocycles. The molecule has 1 aliphatic heterocycles. The summed E-state index contributed by atoms with van der Waals surface area (Å²) in [4.78, 5) is 14.4. The van der Waals surface area contributed by atoms with Gasteiger partial charge in [-0.1, -0.05) is 11.6 Å². The summed E-state index contributed by atoms with van der Waals surface area (Å²) in [6.07, 6.45) is 9.82. The second-order valence-electron chi connectivity index (χ2n) is 5.38. The lowest BCUT2D eigenvalue weighted by molar-refractivity contribution is -0.568. The molecule has 0 bridgehead atoms. The molecule has 4 heteroatoms. The molecule has 2 heterocycles. The molecule has 0 aliphatic carbocycles. The van der Waals surface area contributed by atoms with Crippen molar-refractivity contribution in [1.29, 1.82) is 0 Å². The largest absolute Gasteiger partial charge is 0.371 e. The van der Waals surface area contributed by atoms with E-state index in [-0.39, 0.29) is 5.78 Å². The van der Waals surface area contributed by atoms with Crippen LogP contribution in [0.15, 0.2) is 54.9 Å². The summed E-state index contributed by atoms with van der Waals surface area (Å²) in [5, 5.41) is 0.632. The highest BCUT2D eigenvalue weighted by atomic mass is 35.5. The van der Waals surface area contributed by atoms with E-state index in [0.29, 0.717) is 10.6 Å². The van der Waals surface area contributed by atoms with Gasteiger partial charge in [0.05, 0.1) is 6.08 Å². The van der Waals surface area contributed by atoms with Crippen LogP contribution >= 0.6 is 11.6 Å². The Hall–Kier alpha value is -2.13. The van der Waals surface area contributed by atoms with Gasteiger partial charge >= 0.3 is 0 Å². The van der Waals surface area contributed by atoms with Gasteiger partial charge in [0.15, 0.2) is 24.4 Å². The number of allylic oxidation sites excluding steroid dienone is 1. The minimum atomic E-state index is -0.0345. The second-order valence-corrected chi connectivity index (χ2v) is 5.82. The lowest BCUT2D eigenvalue weighted by atomic mass is 10.1. The van der Waals surface area contributed by atoms with Gasteiger partial charge in [-0.15, -0.1) is 0 Å². The van der Waals surface area contributed by atoms with Gasteiger partial charge in [0.1, 0.15) is 0 Å². The third kappa shape index (κ3) is 3.55. The second kappa shape index (κ2) is 6.75. The van der Waals surface area contributed by atoms with Gasteiger partial charge in [0.25, 0.3) is 0 Å². The van der Waals surface area contributed by atoms with E-state index < -0.39 is 0 Å². The molecule has 2 aromatic rings. The number of rotatable bonds is 4. The molecule has 0 radical (unpaired) electrons. The number of nitrogens with zero attached hydrogens (tertiary/aromatic N) is 2. The van der Waals surface area contributed by atoms with E-state index >= 15 is 0 Å². The van der Waals surface area contributed by atoms with Crippen LogP contribution in [0.1, 0.15) is 23.2 Å². The van der Waals surface area contributed by atoms with Crippen LogP contribution < -0.4 is 9.47 Å². The Morgan fingerprint density at radius 2 is 1.68 bits per heavy atom. The van der Waals surface area contributed by atoms with Crippen molar-refractivity contribution < 1.29 is 9.36 Å². The Bertz CT molecular complexity index is 671. The van der Waals surface area contributed by atoms with Gasteiger partial charge in [0, 0.05) is 41.5 Å². The van der Waals surface area contributed by atoms with E-state index in [1.165, 1.54) is 18.5 Å². The van der Waals surface area contributed by atoms with Gasteiger partial charge in [-0.05, 0) is 37.1 Å². The number of carbonyl (C=O) groups is 1. The predicted molar refractivity (Wildman–Crippen MR) is 89.2 cm³/mol. The third-order valence-corrected chi connectivity index (χ3v) is 4.08. The number of pyridine rings is 1. The molecule has 0 unspecified atom stereocenters. The van der Waals surface area contributed by atoms with Gasteiger partial charge in [-0.25, -0.2) is 0 Å². The molecule has 0 spiro atoms. The average Bonchev–Trinajstić information content (AvgIpc) is 3.08. The van der Waals surface area contributed by atoms with Crippen LogP contribution in [-0.2, 0) is 0 Å². The minimum Gasteiger partial charge on any atom is -0.371 e. The standard InChI is InChI=1S/C18H18ClN2O/c19-16-5-3-15(4-6-16)18(22)9-14-20-12-7-17(8-13-20)21-10-1-2-11-21/h3-9,12-14H,1-2,10-11H2/q+1/b14-9-. The molecule has 22 heavy (non-hydrogen) atoms. The maximum atomic E-state index is 12.1. The van der Waals surface area contributed by atoms with Crippen molar-refractivity contribution in [1.82, 2.24) is 0 Å². The van der Waals surface area contributed by atoms with Crippen molar-refractivity contribution in [3.05, 3.63) is 65.5 Å². The van der Waals surface area contributed by atoms with Gasteiger partial charge in [-0.3, -0.25) is 4.79 Å². The summed E-state index contributed by atoms with van der Waals surface area (Å²) in [7, 11) is 0. The van der Waals surface area contributed by atoms with Crippen LogP contribution in [0.3, 0.4) is 0 Å². The molecule has 0 amide bonds. The fourth-order valence-corrected chi connectivity index (χ4v) is 2.71. The number of hydrogen-bond donors (Lipinski definition) is 0. The first-order valence-corrected chi connectivity index (χ1v) is 7.84. The average molecular weight is 314 g/mol. The molecule has 0 atom stereocenters. The number of hydrogen-bond acceptors (Lipinski definition) is 2. The zero-order chi connectivity index (χ0) is 15.4. The van der Waals surface area contributed by atoms with Crippen molar-refractivity contribution in [2.24, 2.45) is 0 Å². The van der Waals surface area contributed by atoms with E-state index in [2.05, 4.69) is 17.0 Å². The van der Waals surface area contributed by atoms with Crippen molar-refractivity contribution in [3.8, 4) is 0 Å². The van der Waals surface area contributed by atoms with Crippen molar-refractivity contribution in [2.75, 3.05) is 18.0 Å². The molecule has 1 fully saturated rings. The minimum absolute atomic E-state index is 0.0345.